The number of rotatable bonds is 5. The number of hydrogen-bond acceptors (Lipinski definition) is 6. The number of nitrogens with one attached hydrogen (secondary N) is 1. The van der Waals surface area contributed by atoms with Gasteiger partial charge in [0.1, 0.15) is 5.75 Å². The summed E-state index contributed by atoms with van der Waals surface area (Å²) in [5, 5.41) is 13.4. The maximum absolute atomic E-state index is 13.4. The van der Waals surface area contributed by atoms with Crippen LogP contribution in [0.15, 0.2) is 30.5 Å². The van der Waals surface area contributed by atoms with Crippen LogP contribution in [0.4, 0.5) is 16.0 Å². The van der Waals surface area contributed by atoms with Crippen molar-refractivity contribution < 1.29 is 14.1 Å². The third-order valence-electron chi connectivity index (χ3n) is 2.30. The summed E-state index contributed by atoms with van der Waals surface area (Å²) in [6.07, 6.45) is 1.49. The Balaban J connectivity index is 2.19. The second-order valence-corrected chi connectivity index (χ2v) is 3.72. The second-order valence-electron chi connectivity index (χ2n) is 3.72. The number of anilines is 1. The first-order valence-electron chi connectivity index (χ1n) is 5.79. The van der Waals surface area contributed by atoms with Crippen LogP contribution in [-0.2, 0) is 0 Å². The molecule has 0 radical (unpaired) electrons. The topological polar surface area (TPSA) is 90.2 Å². The van der Waals surface area contributed by atoms with E-state index in [2.05, 4.69) is 15.3 Å². The van der Waals surface area contributed by atoms with Gasteiger partial charge in [-0.25, -0.2) is 4.98 Å². The molecule has 8 heteroatoms. The molecule has 0 spiro atoms. The second kappa shape index (κ2) is 5.91. The molecule has 1 heterocycles. The van der Waals surface area contributed by atoms with E-state index in [4.69, 9.17) is 4.74 Å². The minimum absolute atomic E-state index is 0.120. The van der Waals surface area contributed by atoms with Crippen molar-refractivity contribution in [3.8, 4) is 11.6 Å². The molecule has 2 rings (SSSR count). The van der Waals surface area contributed by atoms with Gasteiger partial charge in [-0.05, 0) is 13.0 Å². The van der Waals surface area contributed by atoms with Crippen LogP contribution < -0.4 is 10.1 Å². The maximum Gasteiger partial charge on any atom is 0.305 e. The van der Waals surface area contributed by atoms with Gasteiger partial charge < -0.3 is 10.1 Å². The number of nitro groups is 1. The normalized spacial score (nSPS) is 10.1. The molecule has 0 aliphatic carbocycles. The van der Waals surface area contributed by atoms with Crippen LogP contribution >= 0.6 is 0 Å². The van der Waals surface area contributed by atoms with Gasteiger partial charge in [-0.2, -0.15) is 9.37 Å². The molecule has 0 unspecified atom stereocenters. The zero-order valence-electron chi connectivity index (χ0n) is 10.5. The Kier molecular flexibility index (Phi) is 4.04. The molecule has 0 aliphatic rings. The summed E-state index contributed by atoms with van der Waals surface area (Å²) in [6, 6.07) is 4.78. The minimum Gasteiger partial charge on any atom is -0.439 e. The van der Waals surface area contributed by atoms with Crippen LogP contribution in [0, 0.1) is 15.9 Å². The van der Waals surface area contributed by atoms with Crippen LogP contribution in [0.2, 0.25) is 0 Å². The van der Waals surface area contributed by atoms with Crippen LogP contribution in [0.1, 0.15) is 6.92 Å². The van der Waals surface area contributed by atoms with Gasteiger partial charge >= 0.3 is 5.69 Å². The molecular formula is C12H11FN4O3. The van der Waals surface area contributed by atoms with Gasteiger partial charge in [-0.1, -0.05) is 0 Å². The standard InChI is InChI=1S/C12H11FN4O3/c1-2-14-12-15-6-5-11(16-12)20-8-3-4-10(17(18)19)9(13)7-8/h3-7H,2H2,1H3,(H,14,15,16). The highest BCUT2D eigenvalue weighted by atomic mass is 19.1. The number of aromatic nitrogens is 2. The first-order valence-corrected chi connectivity index (χ1v) is 5.79. The number of halogens is 1. The van der Waals surface area contributed by atoms with Crippen molar-refractivity contribution in [3.63, 3.8) is 0 Å². The molecule has 1 aromatic heterocycles. The molecule has 0 saturated heterocycles. The van der Waals surface area contributed by atoms with Gasteiger partial charge in [-0.15, -0.1) is 0 Å². The molecule has 7 nitrogen and oxygen atoms in total. The van der Waals surface area contributed by atoms with E-state index in [9.17, 15) is 14.5 Å². The molecule has 20 heavy (non-hydrogen) atoms. The van der Waals surface area contributed by atoms with Gasteiger partial charge in [0.25, 0.3) is 0 Å². The summed E-state index contributed by atoms with van der Waals surface area (Å²) in [6.45, 7) is 2.54. The fourth-order valence-electron chi connectivity index (χ4n) is 1.46. The van der Waals surface area contributed by atoms with E-state index in [1.165, 1.54) is 18.3 Å². The number of nitro benzene ring substituents is 1. The van der Waals surface area contributed by atoms with Crippen LogP contribution in [0.3, 0.4) is 0 Å². The van der Waals surface area contributed by atoms with E-state index in [1.807, 2.05) is 6.92 Å². The van der Waals surface area contributed by atoms with E-state index >= 15 is 0 Å². The van der Waals surface area contributed by atoms with Gasteiger partial charge in [0.15, 0.2) is 0 Å². The van der Waals surface area contributed by atoms with E-state index in [0.29, 0.717) is 12.5 Å². The number of benzene rings is 1. The third-order valence-corrected chi connectivity index (χ3v) is 2.30. The van der Waals surface area contributed by atoms with Crippen molar-refractivity contribution in [3.05, 3.63) is 46.4 Å². The van der Waals surface area contributed by atoms with Crippen LogP contribution in [0.25, 0.3) is 0 Å². The Labute approximate surface area is 113 Å². The monoisotopic (exact) mass is 278 g/mol. The van der Waals surface area contributed by atoms with Crippen molar-refractivity contribution in [2.45, 2.75) is 6.92 Å². The molecule has 104 valence electrons. The Morgan fingerprint density at radius 1 is 1.45 bits per heavy atom. The molecule has 0 bridgehead atoms. The largest absolute Gasteiger partial charge is 0.439 e. The molecular weight excluding hydrogens is 267 g/mol. The molecule has 0 aliphatic heterocycles. The molecule has 0 atom stereocenters. The highest BCUT2D eigenvalue weighted by Crippen LogP contribution is 2.25. The summed E-state index contributed by atoms with van der Waals surface area (Å²) >= 11 is 0. The Bertz CT molecular complexity index is 636. The predicted molar refractivity (Wildman–Crippen MR) is 69.3 cm³/mol. The summed E-state index contributed by atoms with van der Waals surface area (Å²) < 4.78 is 18.8. The van der Waals surface area contributed by atoms with Crippen molar-refractivity contribution in [1.29, 1.82) is 0 Å². The lowest BCUT2D eigenvalue weighted by Gasteiger charge is -2.06. The SMILES string of the molecule is CCNc1nccc(Oc2ccc([N+](=O)[O-])c(F)c2)n1. The first-order chi connectivity index (χ1) is 9.60. The summed E-state index contributed by atoms with van der Waals surface area (Å²) in [5.41, 5.74) is -0.603. The lowest BCUT2D eigenvalue weighted by atomic mass is 10.3. The molecule has 0 saturated carbocycles. The molecule has 0 amide bonds. The fraction of sp³-hybridized carbons (Fsp3) is 0.167. The minimum atomic E-state index is -0.964. The Morgan fingerprint density at radius 3 is 2.90 bits per heavy atom. The first kappa shape index (κ1) is 13.7. The summed E-state index contributed by atoms with van der Waals surface area (Å²) in [5.74, 6) is -0.251. The van der Waals surface area contributed by atoms with E-state index in [0.717, 1.165) is 12.1 Å². The average Bonchev–Trinajstić information content (AvgIpc) is 2.39. The smallest absolute Gasteiger partial charge is 0.305 e. The summed E-state index contributed by atoms with van der Waals surface area (Å²) in [4.78, 5) is 17.7. The van der Waals surface area contributed by atoms with Gasteiger partial charge in [0.2, 0.25) is 17.6 Å². The number of nitrogens with zero attached hydrogens (tertiary/aromatic N) is 3. The van der Waals surface area contributed by atoms with Crippen molar-refractivity contribution in [2.75, 3.05) is 11.9 Å². The van der Waals surface area contributed by atoms with Crippen molar-refractivity contribution in [1.82, 2.24) is 9.97 Å². The Hall–Kier alpha value is -2.77. The van der Waals surface area contributed by atoms with Crippen LogP contribution in [-0.4, -0.2) is 21.4 Å². The maximum atomic E-state index is 13.4. The summed E-state index contributed by atoms with van der Waals surface area (Å²) in [7, 11) is 0. The van der Waals surface area contributed by atoms with E-state index in [1.54, 1.807) is 0 Å². The predicted octanol–water partition coefficient (Wildman–Crippen LogP) is 2.75. The zero-order chi connectivity index (χ0) is 14.5. The molecule has 1 aromatic carbocycles. The van der Waals surface area contributed by atoms with E-state index < -0.39 is 16.4 Å². The fourth-order valence-corrected chi connectivity index (χ4v) is 1.46. The molecule has 2 aromatic rings. The lowest BCUT2D eigenvalue weighted by Crippen LogP contribution is -2.02. The van der Waals surface area contributed by atoms with Gasteiger partial charge in [-0.3, -0.25) is 10.1 Å². The number of hydrogen-bond donors (Lipinski definition) is 1. The highest BCUT2D eigenvalue weighted by Gasteiger charge is 2.14. The van der Waals surface area contributed by atoms with Crippen molar-refractivity contribution in [2.24, 2.45) is 0 Å². The van der Waals surface area contributed by atoms with Gasteiger partial charge in [0.05, 0.1) is 4.92 Å². The zero-order valence-corrected chi connectivity index (χ0v) is 10.5. The number of ether oxygens (including phenoxy) is 1. The van der Waals surface area contributed by atoms with Crippen LogP contribution in [0.5, 0.6) is 11.6 Å². The third kappa shape index (κ3) is 3.16. The average molecular weight is 278 g/mol. The highest BCUT2D eigenvalue weighted by molar-refractivity contribution is 5.39. The lowest BCUT2D eigenvalue weighted by molar-refractivity contribution is -0.387. The molecule has 1 N–H and O–H groups in total. The van der Waals surface area contributed by atoms with Crippen molar-refractivity contribution >= 4 is 11.6 Å². The quantitative estimate of drug-likeness (QED) is 0.668. The van der Waals surface area contributed by atoms with Gasteiger partial charge in [0, 0.05) is 30.9 Å². The Morgan fingerprint density at radius 2 is 2.25 bits per heavy atom. The molecule has 0 fully saturated rings. The van der Waals surface area contributed by atoms with E-state index in [-0.39, 0.29) is 11.6 Å².